The molecule has 1 heterocycles. The molecule has 0 aromatic heterocycles. The summed E-state index contributed by atoms with van der Waals surface area (Å²) in [5.74, 6) is 0. The highest BCUT2D eigenvalue weighted by Gasteiger charge is 2.40. The van der Waals surface area contributed by atoms with Gasteiger partial charge < -0.3 is 14.8 Å². The van der Waals surface area contributed by atoms with Gasteiger partial charge in [-0.05, 0) is 26.8 Å². The van der Waals surface area contributed by atoms with Crippen LogP contribution in [0, 0.1) is 5.41 Å². The normalized spacial score (nSPS) is 29.8. The van der Waals surface area contributed by atoms with E-state index in [0.717, 1.165) is 13.0 Å². The molecule has 1 rings (SSSR count). The lowest BCUT2D eigenvalue weighted by atomic mass is 9.78. The zero-order valence-electron chi connectivity index (χ0n) is 10.3. The van der Waals surface area contributed by atoms with Crippen LogP contribution in [0.2, 0.25) is 0 Å². The molecule has 0 saturated carbocycles. The fourth-order valence-corrected chi connectivity index (χ4v) is 2.28. The molecule has 6 heteroatoms. The van der Waals surface area contributed by atoms with Gasteiger partial charge in [-0.1, -0.05) is 0 Å². The van der Waals surface area contributed by atoms with Gasteiger partial charge >= 0.3 is 6.18 Å². The van der Waals surface area contributed by atoms with Gasteiger partial charge in [0.25, 0.3) is 0 Å². The number of halogens is 3. The van der Waals surface area contributed by atoms with Gasteiger partial charge in [-0.3, -0.25) is 0 Å². The summed E-state index contributed by atoms with van der Waals surface area (Å²) in [6.45, 7) is 2.33. The largest absolute Gasteiger partial charge is 0.411 e. The molecule has 0 spiro atoms. The van der Waals surface area contributed by atoms with Crippen molar-refractivity contribution in [3.63, 3.8) is 0 Å². The molecule has 1 fully saturated rings. The lowest BCUT2D eigenvalue weighted by Gasteiger charge is -2.32. The molecule has 0 aromatic carbocycles. The van der Waals surface area contributed by atoms with E-state index in [1.807, 2.05) is 14.0 Å². The second kappa shape index (κ2) is 6.02. The van der Waals surface area contributed by atoms with Crippen molar-refractivity contribution in [2.45, 2.75) is 32.0 Å². The topological polar surface area (TPSA) is 30.5 Å². The van der Waals surface area contributed by atoms with Crippen LogP contribution in [-0.4, -0.2) is 45.7 Å². The van der Waals surface area contributed by atoms with Crippen LogP contribution in [0.4, 0.5) is 13.2 Å². The van der Waals surface area contributed by atoms with Gasteiger partial charge in [0.15, 0.2) is 0 Å². The minimum Gasteiger partial charge on any atom is -0.378 e. The molecule has 0 amide bonds. The third-order valence-corrected chi connectivity index (χ3v) is 3.37. The summed E-state index contributed by atoms with van der Waals surface area (Å²) in [6.07, 6.45) is -2.73. The Balaban J connectivity index is 2.35. The average Bonchev–Trinajstić information content (AvgIpc) is 2.55. The molecular formula is C11H20F3NO2. The first kappa shape index (κ1) is 14.7. The third kappa shape index (κ3) is 4.44. The van der Waals surface area contributed by atoms with Gasteiger partial charge in [0.1, 0.15) is 6.61 Å². The highest BCUT2D eigenvalue weighted by Crippen LogP contribution is 2.37. The van der Waals surface area contributed by atoms with Crippen LogP contribution in [0.1, 0.15) is 19.8 Å². The Labute approximate surface area is 99.7 Å². The van der Waals surface area contributed by atoms with Crippen molar-refractivity contribution in [3.05, 3.63) is 0 Å². The minimum absolute atomic E-state index is 0.0597. The lowest BCUT2D eigenvalue weighted by molar-refractivity contribution is -0.175. The number of nitrogens with one attached hydrogen (secondary N) is 1. The van der Waals surface area contributed by atoms with Gasteiger partial charge in [-0.15, -0.1) is 0 Å². The Morgan fingerprint density at radius 1 is 1.47 bits per heavy atom. The van der Waals surface area contributed by atoms with Crippen molar-refractivity contribution in [1.82, 2.24) is 5.32 Å². The maximum atomic E-state index is 11.9. The molecule has 1 N–H and O–H groups in total. The zero-order chi connectivity index (χ0) is 12.9. The van der Waals surface area contributed by atoms with E-state index in [2.05, 4.69) is 10.1 Å². The van der Waals surface area contributed by atoms with Crippen LogP contribution in [0.15, 0.2) is 0 Å². The fraction of sp³-hybridized carbons (Fsp3) is 1.00. The van der Waals surface area contributed by atoms with E-state index in [1.54, 1.807) is 0 Å². The molecule has 3 nitrogen and oxygen atoms in total. The number of hydrogen-bond acceptors (Lipinski definition) is 3. The van der Waals surface area contributed by atoms with Crippen molar-refractivity contribution in [3.8, 4) is 0 Å². The molecule has 1 saturated heterocycles. The highest BCUT2D eigenvalue weighted by atomic mass is 19.4. The number of hydrogen-bond donors (Lipinski definition) is 1. The smallest absolute Gasteiger partial charge is 0.378 e. The van der Waals surface area contributed by atoms with Gasteiger partial charge in [0.05, 0.1) is 6.10 Å². The van der Waals surface area contributed by atoms with Crippen LogP contribution in [0.5, 0.6) is 0 Å². The van der Waals surface area contributed by atoms with Crippen molar-refractivity contribution < 1.29 is 22.6 Å². The molecule has 0 radical (unpaired) electrons. The van der Waals surface area contributed by atoms with E-state index in [-0.39, 0.29) is 18.1 Å². The van der Waals surface area contributed by atoms with E-state index in [1.165, 1.54) is 0 Å². The van der Waals surface area contributed by atoms with Gasteiger partial charge in [-0.2, -0.15) is 13.2 Å². The van der Waals surface area contributed by atoms with E-state index >= 15 is 0 Å². The predicted octanol–water partition coefficient (Wildman–Crippen LogP) is 1.97. The summed E-state index contributed by atoms with van der Waals surface area (Å²) < 4.78 is 45.9. The Morgan fingerprint density at radius 2 is 2.18 bits per heavy atom. The number of rotatable bonds is 6. The molecular weight excluding hydrogens is 235 g/mol. The summed E-state index contributed by atoms with van der Waals surface area (Å²) in [6, 6.07) is 0. The van der Waals surface area contributed by atoms with E-state index < -0.39 is 12.8 Å². The van der Waals surface area contributed by atoms with E-state index in [4.69, 9.17) is 4.74 Å². The number of alkyl halides is 3. The lowest BCUT2D eigenvalue weighted by Crippen LogP contribution is -2.39. The molecule has 0 aliphatic carbocycles. The first-order valence-electron chi connectivity index (χ1n) is 5.80. The summed E-state index contributed by atoms with van der Waals surface area (Å²) >= 11 is 0. The summed E-state index contributed by atoms with van der Waals surface area (Å²) in [5, 5.41) is 3.08. The van der Waals surface area contributed by atoms with Crippen molar-refractivity contribution >= 4 is 0 Å². The van der Waals surface area contributed by atoms with Gasteiger partial charge in [0, 0.05) is 25.2 Å². The van der Waals surface area contributed by atoms with Gasteiger partial charge in [-0.25, -0.2) is 0 Å². The van der Waals surface area contributed by atoms with Crippen LogP contribution >= 0.6 is 0 Å². The minimum atomic E-state index is -4.24. The molecule has 0 bridgehead atoms. The molecule has 1 aliphatic heterocycles. The molecule has 1 aliphatic rings. The Kier molecular flexibility index (Phi) is 5.22. The highest BCUT2D eigenvalue weighted by molar-refractivity contribution is 4.91. The van der Waals surface area contributed by atoms with Crippen LogP contribution < -0.4 is 5.32 Å². The quantitative estimate of drug-likeness (QED) is 0.736. The van der Waals surface area contributed by atoms with Crippen LogP contribution in [-0.2, 0) is 9.47 Å². The Morgan fingerprint density at radius 3 is 2.65 bits per heavy atom. The molecule has 17 heavy (non-hydrogen) atoms. The maximum Gasteiger partial charge on any atom is 0.411 e. The van der Waals surface area contributed by atoms with Crippen molar-refractivity contribution in [1.29, 1.82) is 0 Å². The van der Waals surface area contributed by atoms with Crippen molar-refractivity contribution in [2.75, 3.05) is 33.4 Å². The molecule has 0 aromatic rings. The Bertz CT molecular complexity index is 235. The molecule has 2 unspecified atom stereocenters. The standard InChI is InChI=1S/C11H20F3NO2/c1-9-10(7-15-2,4-6-17-9)3-5-16-8-11(12,13)14/h9,15H,3-8H2,1-2H3. The monoisotopic (exact) mass is 255 g/mol. The van der Waals surface area contributed by atoms with Crippen LogP contribution in [0.3, 0.4) is 0 Å². The molecule has 102 valence electrons. The first-order valence-corrected chi connectivity index (χ1v) is 5.80. The fourth-order valence-electron chi connectivity index (χ4n) is 2.28. The predicted molar refractivity (Wildman–Crippen MR) is 57.9 cm³/mol. The summed E-state index contributed by atoms with van der Waals surface area (Å²) in [7, 11) is 1.84. The average molecular weight is 255 g/mol. The zero-order valence-corrected chi connectivity index (χ0v) is 10.3. The maximum absolute atomic E-state index is 11.9. The van der Waals surface area contributed by atoms with E-state index in [9.17, 15) is 13.2 Å². The van der Waals surface area contributed by atoms with Crippen LogP contribution in [0.25, 0.3) is 0 Å². The Hall–Kier alpha value is -0.330. The second-order valence-electron chi connectivity index (χ2n) is 4.57. The summed E-state index contributed by atoms with van der Waals surface area (Å²) in [4.78, 5) is 0. The first-order chi connectivity index (χ1) is 7.90. The SMILES string of the molecule is CNCC1(CCOCC(F)(F)F)CCOC1C. The second-order valence-corrected chi connectivity index (χ2v) is 4.57. The van der Waals surface area contributed by atoms with Crippen molar-refractivity contribution in [2.24, 2.45) is 5.41 Å². The number of ether oxygens (including phenoxy) is 2. The third-order valence-electron chi connectivity index (χ3n) is 3.37. The summed E-state index contributed by atoms with van der Waals surface area (Å²) in [5.41, 5.74) is -0.0969. The van der Waals surface area contributed by atoms with Gasteiger partial charge in [0.2, 0.25) is 0 Å². The molecule has 2 atom stereocenters. The van der Waals surface area contributed by atoms with E-state index in [0.29, 0.717) is 13.0 Å².